The van der Waals surface area contributed by atoms with Crippen LogP contribution >= 0.6 is 27.7 Å². The predicted octanol–water partition coefficient (Wildman–Crippen LogP) is 3.85. The number of ether oxygens (including phenoxy) is 2. The maximum Gasteiger partial charge on any atom is 0.407 e. The molecule has 2 aliphatic heterocycles. The van der Waals surface area contributed by atoms with Crippen LogP contribution < -0.4 is 5.32 Å². The van der Waals surface area contributed by atoms with Crippen molar-refractivity contribution in [1.29, 1.82) is 0 Å². The summed E-state index contributed by atoms with van der Waals surface area (Å²) in [7, 11) is 0. The van der Waals surface area contributed by atoms with E-state index in [0.717, 1.165) is 11.1 Å². The Kier molecular flexibility index (Phi) is 6.72. The Hall–Kier alpha value is -2.52. The second kappa shape index (κ2) is 9.38. The molecule has 2 aromatic carbocycles. The van der Waals surface area contributed by atoms with Crippen molar-refractivity contribution >= 4 is 45.7 Å². The number of hydrogen-bond acceptors (Lipinski definition) is 6. The van der Waals surface area contributed by atoms with Gasteiger partial charge in [0.1, 0.15) is 24.6 Å². The van der Waals surface area contributed by atoms with Gasteiger partial charge in [0, 0.05) is 11.3 Å². The quantitative estimate of drug-likeness (QED) is 0.331. The van der Waals surface area contributed by atoms with Gasteiger partial charge in [0.15, 0.2) is 4.32 Å². The fourth-order valence-electron chi connectivity index (χ4n) is 4.01. The number of nitrogens with one attached hydrogen (secondary N) is 1. The van der Waals surface area contributed by atoms with Crippen LogP contribution in [0, 0.1) is 0 Å². The molecule has 2 heterocycles. The van der Waals surface area contributed by atoms with E-state index in [1.54, 1.807) is 4.90 Å². The standard InChI is InChI=1S/C24H25BrN2O5S/c1-23(2)18(19(28)31-13-16-9-5-3-6-10-16)27-20(29)24(25,21(27)33-23)15-26-22(30)32-14-17-11-7-4-8-12-17/h3-12,18,21H,13-15H2,1-2H3,(H,26,30)/t18-,21+,24-/m0/s1. The van der Waals surface area contributed by atoms with Crippen molar-refractivity contribution in [2.24, 2.45) is 0 Å². The van der Waals surface area contributed by atoms with Gasteiger partial charge >= 0.3 is 12.1 Å². The molecule has 0 spiro atoms. The number of β-lactam (4-membered cyclic amide) rings is 1. The summed E-state index contributed by atoms with van der Waals surface area (Å²) in [6, 6.07) is 18.1. The number of alkyl halides is 1. The van der Waals surface area contributed by atoms with Crippen molar-refractivity contribution in [3.63, 3.8) is 0 Å². The average molecular weight is 533 g/mol. The summed E-state index contributed by atoms with van der Waals surface area (Å²) in [5, 5.41) is 2.36. The minimum absolute atomic E-state index is 0.0511. The van der Waals surface area contributed by atoms with Crippen molar-refractivity contribution < 1.29 is 23.9 Å². The average Bonchev–Trinajstić information content (AvgIpc) is 3.10. The van der Waals surface area contributed by atoms with E-state index >= 15 is 0 Å². The van der Waals surface area contributed by atoms with Crippen LogP contribution in [-0.4, -0.2) is 49.9 Å². The Morgan fingerprint density at radius 2 is 1.55 bits per heavy atom. The van der Waals surface area contributed by atoms with Crippen LogP contribution in [0.4, 0.5) is 4.79 Å². The largest absolute Gasteiger partial charge is 0.459 e. The number of esters is 1. The molecule has 7 nitrogen and oxygen atoms in total. The molecule has 2 aromatic rings. The summed E-state index contributed by atoms with van der Waals surface area (Å²) < 4.78 is 9.22. The minimum Gasteiger partial charge on any atom is -0.459 e. The van der Waals surface area contributed by atoms with Crippen molar-refractivity contribution in [2.45, 2.75) is 47.5 Å². The summed E-state index contributed by atoms with van der Waals surface area (Å²) >= 11 is 5.05. The van der Waals surface area contributed by atoms with Gasteiger partial charge in [-0.05, 0) is 25.0 Å². The molecule has 3 atom stereocenters. The summed E-state index contributed by atoms with van der Waals surface area (Å²) in [6.45, 7) is 4.19. The predicted molar refractivity (Wildman–Crippen MR) is 129 cm³/mol. The molecule has 0 saturated carbocycles. The molecule has 174 valence electrons. The molecule has 9 heteroatoms. The third kappa shape index (κ3) is 4.75. The van der Waals surface area contributed by atoms with Crippen LogP contribution in [0.25, 0.3) is 0 Å². The first-order valence-electron chi connectivity index (χ1n) is 10.6. The van der Waals surface area contributed by atoms with Gasteiger partial charge in [0.25, 0.3) is 0 Å². The van der Waals surface area contributed by atoms with Crippen LogP contribution in [0.5, 0.6) is 0 Å². The Labute approximate surface area is 205 Å². The first-order chi connectivity index (χ1) is 15.7. The van der Waals surface area contributed by atoms with E-state index in [1.165, 1.54) is 11.8 Å². The van der Waals surface area contributed by atoms with E-state index in [-0.39, 0.29) is 31.0 Å². The number of amides is 2. The highest BCUT2D eigenvalue weighted by atomic mass is 79.9. The molecule has 2 amide bonds. The molecule has 0 aliphatic carbocycles. The van der Waals surface area contributed by atoms with Gasteiger partial charge in [0.2, 0.25) is 5.91 Å². The van der Waals surface area contributed by atoms with Gasteiger partial charge in [-0.3, -0.25) is 4.79 Å². The molecule has 33 heavy (non-hydrogen) atoms. The third-order valence-electron chi connectivity index (χ3n) is 5.74. The number of carbonyl (C=O) groups excluding carboxylic acids is 3. The van der Waals surface area contributed by atoms with Gasteiger partial charge in [-0.15, -0.1) is 11.8 Å². The van der Waals surface area contributed by atoms with Gasteiger partial charge in [-0.1, -0.05) is 76.6 Å². The van der Waals surface area contributed by atoms with Crippen LogP contribution in [0.3, 0.4) is 0 Å². The van der Waals surface area contributed by atoms with Crippen molar-refractivity contribution in [3.8, 4) is 0 Å². The Bertz CT molecular complexity index is 1040. The van der Waals surface area contributed by atoms with Gasteiger partial charge in [-0.2, -0.15) is 0 Å². The number of thioether (sulfide) groups is 1. The van der Waals surface area contributed by atoms with Crippen LogP contribution in [0.15, 0.2) is 60.7 Å². The van der Waals surface area contributed by atoms with E-state index in [1.807, 2.05) is 74.5 Å². The fourth-order valence-corrected chi connectivity index (χ4v) is 6.48. The van der Waals surface area contributed by atoms with Crippen LogP contribution in [0.1, 0.15) is 25.0 Å². The summed E-state index contributed by atoms with van der Waals surface area (Å²) in [6.07, 6.45) is -0.606. The topological polar surface area (TPSA) is 84.9 Å². The highest BCUT2D eigenvalue weighted by molar-refractivity contribution is 9.10. The molecular formula is C24H25BrN2O5S. The highest BCUT2D eigenvalue weighted by Gasteiger charge is 2.70. The van der Waals surface area contributed by atoms with E-state index in [4.69, 9.17) is 9.47 Å². The maximum absolute atomic E-state index is 13.1. The molecule has 1 N–H and O–H groups in total. The molecule has 0 unspecified atom stereocenters. The molecule has 2 fully saturated rings. The zero-order valence-electron chi connectivity index (χ0n) is 18.3. The third-order valence-corrected chi connectivity index (χ3v) is 8.78. The van der Waals surface area contributed by atoms with E-state index in [0.29, 0.717) is 0 Å². The molecular weight excluding hydrogens is 508 g/mol. The minimum atomic E-state index is -1.00. The molecule has 0 bridgehead atoms. The number of hydrogen-bond donors (Lipinski definition) is 1. The fraction of sp³-hybridized carbons (Fsp3) is 0.375. The van der Waals surface area contributed by atoms with Gasteiger partial charge in [-0.25, -0.2) is 9.59 Å². The zero-order chi connectivity index (χ0) is 23.6. The maximum atomic E-state index is 13.1. The number of rotatable bonds is 7. The monoisotopic (exact) mass is 532 g/mol. The van der Waals surface area contributed by atoms with Crippen molar-refractivity contribution in [3.05, 3.63) is 71.8 Å². The molecule has 2 saturated heterocycles. The van der Waals surface area contributed by atoms with Crippen molar-refractivity contribution in [1.82, 2.24) is 10.2 Å². The van der Waals surface area contributed by atoms with Crippen molar-refractivity contribution in [2.75, 3.05) is 6.54 Å². The molecule has 4 rings (SSSR count). The highest BCUT2D eigenvalue weighted by Crippen LogP contribution is 2.57. The number of nitrogens with zero attached hydrogens (tertiary/aromatic N) is 1. The van der Waals surface area contributed by atoms with E-state index < -0.39 is 27.2 Å². The molecule has 0 aromatic heterocycles. The lowest BCUT2D eigenvalue weighted by Crippen LogP contribution is -2.73. The normalized spacial score (nSPS) is 25.1. The Balaban J connectivity index is 1.34. The summed E-state index contributed by atoms with van der Waals surface area (Å²) in [5.74, 6) is -0.687. The van der Waals surface area contributed by atoms with Gasteiger partial charge in [0.05, 0.1) is 0 Å². The lowest BCUT2D eigenvalue weighted by Gasteiger charge is -2.49. The Morgan fingerprint density at radius 1 is 1.00 bits per heavy atom. The van der Waals surface area contributed by atoms with Crippen LogP contribution in [-0.2, 0) is 32.3 Å². The first kappa shape index (κ1) is 23.6. The van der Waals surface area contributed by atoms with E-state index in [2.05, 4.69) is 21.2 Å². The SMILES string of the molecule is CC1(C)S[C@H]2N(C(=O)[C@@]2(Br)CNC(=O)OCc2ccccc2)[C@H]1C(=O)OCc1ccccc1. The lowest BCUT2D eigenvalue weighted by atomic mass is 9.91. The Morgan fingerprint density at radius 3 is 2.12 bits per heavy atom. The van der Waals surface area contributed by atoms with E-state index in [9.17, 15) is 14.4 Å². The number of alkyl carbamates (subject to hydrolysis) is 1. The first-order valence-corrected chi connectivity index (χ1v) is 12.2. The smallest absolute Gasteiger partial charge is 0.407 e. The molecule has 2 aliphatic rings. The zero-order valence-corrected chi connectivity index (χ0v) is 20.7. The lowest BCUT2D eigenvalue weighted by molar-refractivity contribution is -0.164. The number of carbonyl (C=O) groups is 3. The second-order valence-corrected chi connectivity index (χ2v) is 11.7. The number of fused-ring (bicyclic) bond motifs is 1. The number of benzene rings is 2. The van der Waals surface area contributed by atoms with Crippen LogP contribution in [0.2, 0.25) is 0 Å². The summed E-state index contributed by atoms with van der Waals surface area (Å²) in [4.78, 5) is 39.8. The number of halogens is 1. The summed E-state index contributed by atoms with van der Waals surface area (Å²) in [5.41, 5.74) is 1.76. The molecule has 0 radical (unpaired) electrons. The second-order valence-electron chi connectivity index (χ2n) is 8.56. The van der Waals surface area contributed by atoms with Gasteiger partial charge < -0.3 is 19.7 Å².